The first-order valence-electron chi connectivity index (χ1n) is 8.75. The van der Waals surface area contributed by atoms with Crippen LogP contribution in [0.2, 0.25) is 0 Å². The Morgan fingerprint density at radius 2 is 2.00 bits per heavy atom. The first-order valence-corrected chi connectivity index (χ1v) is 8.75. The average Bonchev–Trinajstić information content (AvgIpc) is 2.98. The molecule has 0 aliphatic heterocycles. The van der Waals surface area contributed by atoms with E-state index in [2.05, 4.69) is 10.4 Å². The predicted octanol–water partition coefficient (Wildman–Crippen LogP) is 3.48. The molecule has 5 nitrogen and oxygen atoms in total. The molecule has 1 aromatic heterocycles. The van der Waals surface area contributed by atoms with Crippen LogP contribution in [0.3, 0.4) is 0 Å². The molecule has 1 N–H and O–H groups in total. The molecule has 2 aliphatic carbocycles. The summed E-state index contributed by atoms with van der Waals surface area (Å²) in [7, 11) is 1.90. The van der Waals surface area contributed by atoms with Gasteiger partial charge in [-0.25, -0.2) is 0 Å². The maximum Gasteiger partial charge on any atom is 0.228 e. The summed E-state index contributed by atoms with van der Waals surface area (Å²) in [5, 5.41) is 7.19. The molecule has 0 radical (unpaired) electrons. The standard InChI is InChI=1S/C19H23N3O2/c1-22-12-13(11-20-22)17-10-18(17)19(23)21-14-6-8-16(9-7-14)24-15-4-2-3-5-15/h6-9,11-12,15,17-18H,2-5,10H2,1H3,(H,21,23)/t17-,18+/m0/s1. The van der Waals surface area contributed by atoms with Gasteiger partial charge in [-0.1, -0.05) is 0 Å². The molecule has 2 fully saturated rings. The Morgan fingerprint density at radius 3 is 2.67 bits per heavy atom. The van der Waals surface area contributed by atoms with Gasteiger partial charge in [0.25, 0.3) is 0 Å². The molecular weight excluding hydrogens is 302 g/mol. The number of carbonyl (C=O) groups is 1. The summed E-state index contributed by atoms with van der Waals surface area (Å²) in [6.07, 6.45) is 9.93. The van der Waals surface area contributed by atoms with Crippen molar-refractivity contribution < 1.29 is 9.53 Å². The minimum atomic E-state index is 0.0589. The molecule has 0 unspecified atom stereocenters. The quantitative estimate of drug-likeness (QED) is 0.915. The lowest BCUT2D eigenvalue weighted by Gasteiger charge is -2.13. The molecule has 24 heavy (non-hydrogen) atoms. The SMILES string of the molecule is Cn1cc([C@@H]2C[C@H]2C(=O)Nc2ccc(OC3CCCC3)cc2)cn1. The number of aromatic nitrogens is 2. The number of nitrogens with zero attached hydrogens (tertiary/aromatic N) is 2. The van der Waals surface area contributed by atoms with Crippen LogP contribution >= 0.6 is 0 Å². The minimum absolute atomic E-state index is 0.0589. The van der Waals surface area contributed by atoms with Gasteiger partial charge in [-0.05, 0) is 67.9 Å². The summed E-state index contributed by atoms with van der Waals surface area (Å²) in [5.41, 5.74) is 1.98. The van der Waals surface area contributed by atoms with Crippen molar-refractivity contribution in [1.82, 2.24) is 9.78 Å². The molecule has 1 amide bonds. The molecule has 0 spiro atoms. The highest BCUT2D eigenvalue weighted by Crippen LogP contribution is 2.47. The van der Waals surface area contributed by atoms with Crippen LogP contribution in [0.1, 0.15) is 43.6 Å². The van der Waals surface area contributed by atoms with Crippen molar-refractivity contribution in [3.8, 4) is 5.75 Å². The van der Waals surface area contributed by atoms with Crippen LogP contribution in [-0.2, 0) is 11.8 Å². The Balaban J connectivity index is 1.31. The van der Waals surface area contributed by atoms with Gasteiger partial charge in [-0.2, -0.15) is 5.10 Å². The second-order valence-electron chi connectivity index (χ2n) is 6.93. The molecule has 1 heterocycles. The first kappa shape index (κ1) is 15.2. The number of benzene rings is 1. The number of carbonyl (C=O) groups excluding carboxylic acids is 1. The highest BCUT2D eigenvalue weighted by Gasteiger charge is 2.44. The zero-order valence-electron chi connectivity index (χ0n) is 13.9. The summed E-state index contributed by atoms with van der Waals surface area (Å²) < 4.78 is 7.73. The first-order chi connectivity index (χ1) is 11.7. The lowest BCUT2D eigenvalue weighted by Crippen LogP contribution is -2.14. The Hall–Kier alpha value is -2.30. The van der Waals surface area contributed by atoms with Gasteiger partial charge in [0.05, 0.1) is 12.3 Å². The van der Waals surface area contributed by atoms with Gasteiger partial charge >= 0.3 is 0 Å². The van der Waals surface area contributed by atoms with Crippen molar-refractivity contribution in [3.05, 3.63) is 42.2 Å². The van der Waals surface area contributed by atoms with Crippen molar-refractivity contribution in [2.45, 2.75) is 44.1 Å². The number of hydrogen-bond acceptors (Lipinski definition) is 3. The van der Waals surface area contributed by atoms with E-state index in [0.717, 1.165) is 36.3 Å². The van der Waals surface area contributed by atoms with E-state index in [1.807, 2.05) is 43.7 Å². The smallest absolute Gasteiger partial charge is 0.228 e. The van der Waals surface area contributed by atoms with E-state index >= 15 is 0 Å². The van der Waals surface area contributed by atoms with E-state index in [-0.39, 0.29) is 11.8 Å². The molecule has 2 saturated carbocycles. The third-order valence-electron chi connectivity index (χ3n) is 5.01. The maximum absolute atomic E-state index is 12.4. The number of amides is 1. The number of ether oxygens (including phenoxy) is 1. The number of hydrogen-bond donors (Lipinski definition) is 1. The molecule has 2 aliphatic rings. The minimum Gasteiger partial charge on any atom is -0.490 e. The third kappa shape index (κ3) is 3.30. The molecule has 1 aromatic carbocycles. The fraction of sp³-hybridized carbons (Fsp3) is 0.474. The molecule has 2 aromatic rings. The van der Waals surface area contributed by atoms with E-state index in [4.69, 9.17) is 4.74 Å². The molecule has 5 heteroatoms. The largest absolute Gasteiger partial charge is 0.490 e. The lowest BCUT2D eigenvalue weighted by molar-refractivity contribution is -0.117. The third-order valence-corrected chi connectivity index (χ3v) is 5.01. The topological polar surface area (TPSA) is 56.2 Å². The van der Waals surface area contributed by atoms with Gasteiger partial charge in [-0.3, -0.25) is 9.48 Å². The summed E-state index contributed by atoms with van der Waals surface area (Å²) >= 11 is 0. The van der Waals surface area contributed by atoms with Crippen LogP contribution < -0.4 is 10.1 Å². The number of nitrogens with one attached hydrogen (secondary N) is 1. The normalized spacial score (nSPS) is 23.2. The van der Waals surface area contributed by atoms with Crippen molar-refractivity contribution in [2.24, 2.45) is 13.0 Å². The van der Waals surface area contributed by atoms with Crippen molar-refractivity contribution in [3.63, 3.8) is 0 Å². The summed E-state index contributed by atoms with van der Waals surface area (Å²) in [4.78, 5) is 12.4. The van der Waals surface area contributed by atoms with Gasteiger partial charge in [0, 0.05) is 24.8 Å². The Morgan fingerprint density at radius 1 is 1.25 bits per heavy atom. The van der Waals surface area contributed by atoms with Crippen molar-refractivity contribution >= 4 is 11.6 Å². The summed E-state index contributed by atoms with van der Waals surface area (Å²) in [6.45, 7) is 0. The van der Waals surface area contributed by atoms with E-state index in [1.54, 1.807) is 4.68 Å². The van der Waals surface area contributed by atoms with E-state index < -0.39 is 0 Å². The fourth-order valence-corrected chi connectivity index (χ4v) is 3.54. The Kier molecular flexibility index (Phi) is 4.00. The van der Waals surface area contributed by atoms with E-state index in [9.17, 15) is 4.79 Å². The predicted molar refractivity (Wildman–Crippen MR) is 92.0 cm³/mol. The zero-order valence-corrected chi connectivity index (χ0v) is 13.9. The molecule has 2 atom stereocenters. The highest BCUT2D eigenvalue weighted by molar-refractivity contribution is 5.95. The van der Waals surface area contributed by atoms with Gasteiger partial charge < -0.3 is 10.1 Å². The van der Waals surface area contributed by atoms with E-state index in [1.165, 1.54) is 12.8 Å². The van der Waals surface area contributed by atoms with Crippen LogP contribution in [0, 0.1) is 5.92 Å². The van der Waals surface area contributed by atoms with Gasteiger partial charge in [0.15, 0.2) is 0 Å². The van der Waals surface area contributed by atoms with Crippen LogP contribution in [0.4, 0.5) is 5.69 Å². The van der Waals surface area contributed by atoms with Crippen LogP contribution in [-0.4, -0.2) is 21.8 Å². The maximum atomic E-state index is 12.4. The van der Waals surface area contributed by atoms with Crippen LogP contribution in [0.15, 0.2) is 36.7 Å². The molecule has 0 saturated heterocycles. The van der Waals surface area contributed by atoms with Crippen LogP contribution in [0.25, 0.3) is 0 Å². The lowest BCUT2D eigenvalue weighted by atomic mass is 10.2. The Labute approximate surface area is 142 Å². The van der Waals surface area contributed by atoms with Gasteiger partial charge in [0.1, 0.15) is 5.75 Å². The molecular formula is C19H23N3O2. The molecule has 0 bridgehead atoms. The number of aryl methyl sites for hydroxylation is 1. The zero-order chi connectivity index (χ0) is 16.5. The summed E-state index contributed by atoms with van der Waals surface area (Å²) in [6, 6.07) is 7.73. The average molecular weight is 325 g/mol. The highest BCUT2D eigenvalue weighted by atomic mass is 16.5. The fourth-order valence-electron chi connectivity index (χ4n) is 3.54. The monoisotopic (exact) mass is 325 g/mol. The molecule has 126 valence electrons. The number of rotatable bonds is 5. The second-order valence-corrected chi connectivity index (χ2v) is 6.93. The van der Waals surface area contributed by atoms with Crippen molar-refractivity contribution in [1.29, 1.82) is 0 Å². The summed E-state index contributed by atoms with van der Waals surface area (Å²) in [5.74, 6) is 1.35. The molecule has 4 rings (SSSR count). The second kappa shape index (κ2) is 6.30. The van der Waals surface area contributed by atoms with Gasteiger partial charge in [0.2, 0.25) is 5.91 Å². The van der Waals surface area contributed by atoms with E-state index in [0.29, 0.717) is 12.0 Å². The van der Waals surface area contributed by atoms with Crippen LogP contribution in [0.5, 0.6) is 5.75 Å². The van der Waals surface area contributed by atoms with Crippen molar-refractivity contribution in [2.75, 3.05) is 5.32 Å². The number of anilines is 1. The Bertz CT molecular complexity index is 716. The van der Waals surface area contributed by atoms with Gasteiger partial charge in [-0.15, -0.1) is 0 Å².